The van der Waals surface area contributed by atoms with E-state index in [9.17, 15) is 4.79 Å². The lowest BCUT2D eigenvalue weighted by Gasteiger charge is -2.36. The Morgan fingerprint density at radius 3 is 2.61 bits per heavy atom. The zero-order valence-corrected chi connectivity index (χ0v) is 16.7. The average molecular weight is 379 g/mol. The molecule has 1 aliphatic heterocycles. The minimum absolute atomic E-state index is 0.0882. The molecular formula is C23H30N4O. The van der Waals surface area contributed by atoms with E-state index in [1.807, 2.05) is 18.2 Å². The third kappa shape index (κ3) is 4.14. The van der Waals surface area contributed by atoms with Crippen LogP contribution in [0.3, 0.4) is 0 Å². The van der Waals surface area contributed by atoms with Gasteiger partial charge in [0.2, 0.25) is 0 Å². The molecule has 1 aliphatic carbocycles. The van der Waals surface area contributed by atoms with Crippen molar-refractivity contribution in [3.8, 4) is 0 Å². The van der Waals surface area contributed by atoms with Gasteiger partial charge in [0, 0.05) is 26.2 Å². The minimum Gasteiger partial charge on any atom is -0.367 e. The number of carbonyl (C=O) groups is 1. The molecule has 0 spiro atoms. The van der Waals surface area contributed by atoms with Crippen molar-refractivity contribution in [1.82, 2.24) is 10.2 Å². The van der Waals surface area contributed by atoms with Gasteiger partial charge in [-0.3, -0.25) is 0 Å². The number of nitrogens with one attached hydrogen (secondary N) is 2. The molecule has 2 amide bonds. The van der Waals surface area contributed by atoms with Crippen LogP contribution in [0.4, 0.5) is 16.2 Å². The van der Waals surface area contributed by atoms with Gasteiger partial charge in [0.05, 0.1) is 17.4 Å². The number of piperazine rings is 1. The fraction of sp³-hybridized carbons (Fsp3) is 0.435. The van der Waals surface area contributed by atoms with Gasteiger partial charge in [-0.25, -0.2) is 4.79 Å². The highest BCUT2D eigenvalue weighted by atomic mass is 16.2. The van der Waals surface area contributed by atoms with Gasteiger partial charge in [-0.1, -0.05) is 43.3 Å². The van der Waals surface area contributed by atoms with Crippen LogP contribution >= 0.6 is 0 Å². The highest BCUT2D eigenvalue weighted by Crippen LogP contribution is 2.30. The fourth-order valence-corrected chi connectivity index (χ4v) is 4.38. The maximum atomic E-state index is 12.8. The molecule has 5 nitrogen and oxygen atoms in total. The molecule has 1 fully saturated rings. The second-order valence-corrected chi connectivity index (χ2v) is 7.68. The molecule has 2 N–H and O–H groups in total. The Morgan fingerprint density at radius 1 is 1.04 bits per heavy atom. The van der Waals surface area contributed by atoms with Crippen LogP contribution in [0.15, 0.2) is 48.5 Å². The maximum absolute atomic E-state index is 12.8. The quantitative estimate of drug-likeness (QED) is 0.845. The van der Waals surface area contributed by atoms with Crippen LogP contribution in [0.5, 0.6) is 0 Å². The Bertz CT molecular complexity index is 814. The summed E-state index contributed by atoms with van der Waals surface area (Å²) in [6.45, 7) is 7.41. The first-order chi connectivity index (χ1) is 13.7. The molecule has 2 aromatic carbocycles. The molecule has 2 aromatic rings. The molecule has 0 saturated carbocycles. The summed E-state index contributed by atoms with van der Waals surface area (Å²) in [6, 6.07) is 16.5. The van der Waals surface area contributed by atoms with E-state index in [1.165, 1.54) is 11.1 Å². The Balaban J connectivity index is 1.43. The summed E-state index contributed by atoms with van der Waals surface area (Å²) in [5.74, 6) is 0. The van der Waals surface area contributed by atoms with Crippen LogP contribution in [0.2, 0.25) is 0 Å². The predicted octanol–water partition coefficient (Wildman–Crippen LogP) is 4.03. The van der Waals surface area contributed by atoms with E-state index in [0.29, 0.717) is 0 Å². The van der Waals surface area contributed by atoms with Gasteiger partial charge in [0.25, 0.3) is 0 Å². The Kier molecular flexibility index (Phi) is 5.81. The number of urea groups is 1. The van der Waals surface area contributed by atoms with Gasteiger partial charge in [-0.05, 0) is 49.1 Å². The van der Waals surface area contributed by atoms with E-state index >= 15 is 0 Å². The zero-order valence-electron chi connectivity index (χ0n) is 16.7. The molecule has 0 radical (unpaired) electrons. The predicted molar refractivity (Wildman–Crippen MR) is 115 cm³/mol. The van der Waals surface area contributed by atoms with Crippen LogP contribution < -0.4 is 15.5 Å². The van der Waals surface area contributed by atoms with Crippen molar-refractivity contribution in [3.63, 3.8) is 0 Å². The Hall–Kier alpha value is -2.53. The van der Waals surface area contributed by atoms with E-state index in [0.717, 1.165) is 63.4 Å². The van der Waals surface area contributed by atoms with E-state index in [-0.39, 0.29) is 12.1 Å². The van der Waals surface area contributed by atoms with Crippen molar-refractivity contribution in [2.45, 2.75) is 32.2 Å². The summed E-state index contributed by atoms with van der Waals surface area (Å²) < 4.78 is 0. The van der Waals surface area contributed by atoms with Crippen molar-refractivity contribution >= 4 is 17.4 Å². The largest absolute Gasteiger partial charge is 0.367 e. The number of fused-ring (bicyclic) bond motifs is 1. The summed E-state index contributed by atoms with van der Waals surface area (Å²) in [4.78, 5) is 17.6. The number of hydrogen-bond donors (Lipinski definition) is 2. The highest BCUT2D eigenvalue weighted by molar-refractivity contribution is 5.93. The topological polar surface area (TPSA) is 47.6 Å². The van der Waals surface area contributed by atoms with Crippen molar-refractivity contribution in [2.24, 2.45) is 0 Å². The molecule has 5 heteroatoms. The van der Waals surface area contributed by atoms with Gasteiger partial charge >= 0.3 is 6.03 Å². The molecule has 1 heterocycles. The van der Waals surface area contributed by atoms with Crippen LogP contribution in [0.25, 0.3) is 0 Å². The SMILES string of the molecule is CCN1CCN(c2ccccc2NC(=O)N[C@H]2CCCc3ccccc32)CC1. The van der Waals surface area contributed by atoms with Gasteiger partial charge in [-0.15, -0.1) is 0 Å². The monoisotopic (exact) mass is 378 g/mol. The van der Waals surface area contributed by atoms with Crippen molar-refractivity contribution in [2.75, 3.05) is 42.9 Å². The minimum atomic E-state index is -0.124. The maximum Gasteiger partial charge on any atom is 0.319 e. The van der Waals surface area contributed by atoms with Gasteiger partial charge < -0.3 is 20.4 Å². The Labute approximate surface area is 167 Å². The molecule has 2 aliphatic rings. The summed E-state index contributed by atoms with van der Waals surface area (Å²) in [7, 11) is 0. The summed E-state index contributed by atoms with van der Waals surface area (Å²) >= 11 is 0. The average Bonchev–Trinajstić information content (AvgIpc) is 2.74. The van der Waals surface area contributed by atoms with Crippen molar-refractivity contribution < 1.29 is 4.79 Å². The summed E-state index contributed by atoms with van der Waals surface area (Å²) in [5.41, 5.74) is 4.60. The van der Waals surface area contributed by atoms with Crippen molar-refractivity contribution in [3.05, 3.63) is 59.7 Å². The fourth-order valence-electron chi connectivity index (χ4n) is 4.38. The first kappa shape index (κ1) is 18.8. The molecule has 148 valence electrons. The normalized spacial score (nSPS) is 19.8. The number of anilines is 2. The van der Waals surface area contributed by atoms with Gasteiger partial charge in [-0.2, -0.15) is 0 Å². The second-order valence-electron chi connectivity index (χ2n) is 7.68. The first-order valence-electron chi connectivity index (χ1n) is 10.5. The van der Waals surface area contributed by atoms with E-state index in [4.69, 9.17) is 0 Å². The third-order valence-corrected chi connectivity index (χ3v) is 5.99. The number of amides is 2. The number of likely N-dealkylation sites (N-methyl/N-ethyl adjacent to an activating group) is 1. The number of nitrogens with zero attached hydrogens (tertiary/aromatic N) is 2. The zero-order chi connectivity index (χ0) is 19.3. The number of rotatable bonds is 4. The second kappa shape index (κ2) is 8.65. The molecule has 1 saturated heterocycles. The van der Waals surface area contributed by atoms with E-state index < -0.39 is 0 Å². The van der Waals surface area contributed by atoms with Crippen LogP contribution in [-0.4, -0.2) is 43.7 Å². The molecule has 1 atom stereocenters. The molecule has 28 heavy (non-hydrogen) atoms. The van der Waals surface area contributed by atoms with Crippen LogP contribution in [0.1, 0.15) is 36.9 Å². The van der Waals surface area contributed by atoms with Crippen molar-refractivity contribution in [1.29, 1.82) is 0 Å². The molecule has 0 bridgehead atoms. The first-order valence-corrected chi connectivity index (χ1v) is 10.5. The summed E-state index contributed by atoms with van der Waals surface area (Å²) in [6.07, 6.45) is 3.20. The van der Waals surface area contributed by atoms with E-state index in [1.54, 1.807) is 0 Å². The van der Waals surface area contributed by atoms with E-state index in [2.05, 4.69) is 57.7 Å². The van der Waals surface area contributed by atoms with Gasteiger partial charge in [0.15, 0.2) is 0 Å². The molecular weight excluding hydrogens is 348 g/mol. The van der Waals surface area contributed by atoms with Crippen LogP contribution in [-0.2, 0) is 6.42 Å². The smallest absolute Gasteiger partial charge is 0.319 e. The van der Waals surface area contributed by atoms with Crippen LogP contribution in [0, 0.1) is 0 Å². The molecule has 0 unspecified atom stereocenters. The number of aryl methyl sites for hydroxylation is 1. The molecule has 4 rings (SSSR count). The lowest BCUT2D eigenvalue weighted by molar-refractivity contribution is 0.247. The number of para-hydroxylation sites is 2. The summed E-state index contributed by atoms with van der Waals surface area (Å²) in [5, 5.41) is 6.30. The number of hydrogen-bond acceptors (Lipinski definition) is 3. The standard InChI is InChI=1S/C23H30N4O/c1-2-26-14-16-27(17-15-26)22-13-6-5-11-21(22)25-23(28)24-20-12-7-9-18-8-3-4-10-19(18)20/h3-6,8,10-11,13,20H,2,7,9,12,14-17H2,1H3,(H2,24,25,28)/t20-/m0/s1. The highest BCUT2D eigenvalue weighted by Gasteiger charge is 2.23. The Morgan fingerprint density at radius 2 is 1.79 bits per heavy atom. The number of carbonyl (C=O) groups excluding carboxylic acids is 1. The lowest BCUT2D eigenvalue weighted by Crippen LogP contribution is -2.46. The number of benzene rings is 2. The molecule has 0 aromatic heterocycles. The van der Waals surface area contributed by atoms with Gasteiger partial charge in [0.1, 0.15) is 0 Å². The third-order valence-electron chi connectivity index (χ3n) is 5.99. The lowest BCUT2D eigenvalue weighted by atomic mass is 9.88.